The molecule has 7 nitrogen and oxygen atoms in total. The number of β-lactam (4-membered cyclic amide) rings is 1. The van der Waals surface area contributed by atoms with E-state index < -0.39 is 12.0 Å². The molecule has 2 aliphatic rings. The van der Waals surface area contributed by atoms with Crippen LogP contribution in [-0.2, 0) is 27.3 Å². The second-order valence-corrected chi connectivity index (χ2v) is 8.65. The third kappa shape index (κ3) is 3.55. The maximum Gasteiger partial charge on any atom is 0.352 e. The molecule has 9 heteroatoms. The van der Waals surface area contributed by atoms with Crippen LogP contribution in [0.3, 0.4) is 0 Å². The van der Waals surface area contributed by atoms with Gasteiger partial charge < -0.3 is 10.4 Å². The Hall–Kier alpha value is -2.65. The molecule has 0 aromatic carbocycles. The van der Waals surface area contributed by atoms with Gasteiger partial charge in [0.05, 0.1) is 6.42 Å². The van der Waals surface area contributed by atoms with Crippen LogP contribution in [0.1, 0.15) is 4.88 Å². The highest BCUT2D eigenvalue weighted by molar-refractivity contribution is 8.00. The van der Waals surface area contributed by atoms with Gasteiger partial charge in [0.2, 0.25) is 5.91 Å². The third-order valence-corrected chi connectivity index (χ3v) is 6.85. The lowest BCUT2D eigenvalue weighted by atomic mass is 10.0. The monoisotopic (exact) mass is 416 g/mol. The highest BCUT2D eigenvalue weighted by Crippen LogP contribution is 2.40. The zero-order valence-corrected chi connectivity index (χ0v) is 16.4. The Morgan fingerprint density at radius 3 is 2.71 bits per heavy atom. The summed E-state index contributed by atoms with van der Waals surface area (Å²) in [4.78, 5) is 39.0. The number of hydrogen-bond acceptors (Lipinski definition) is 5. The first-order chi connectivity index (χ1) is 13.5. The Morgan fingerprint density at radius 1 is 1.25 bits per heavy atom. The minimum absolute atomic E-state index is 0.0360. The number of thioether (sulfide) groups is 1. The summed E-state index contributed by atoms with van der Waals surface area (Å²) in [7, 11) is 0. The van der Waals surface area contributed by atoms with E-state index in [1.807, 2.05) is 52.7 Å². The number of nitrogens with zero attached hydrogens (tertiary/aromatic N) is 2. The topological polar surface area (TPSA) is 90.6 Å². The minimum atomic E-state index is -1.12. The molecule has 4 heterocycles. The zero-order valence-electron chi connectivity index (χ0n) is 14.8. The smallest absolute Gasteiger partial charge is 0.352 e. The lowest BCUT2D eigenvalue weighted by Crippen LogP contribution is -2.70. The van der Waals surface area contributed by atoms with E-state index in [0.29, 0.717) is 17.9 Å². The summed E-state index contributed by atoms with van der Waals surface area (Å²) in [5.41, 5.74) is 0.718. The number of pyridine rings is 1. The number of carboxylic acids is 1. The molecule has 2 aliphatic heterocycles. The van der Waals surface area contributed by atoms with Crippen LogP contribution in [0.25, 0.3) is 0 Å². The Kier molecular flexibility index (Phi) is 5.19. The molecule has 144 valence electrons. The van der Waals surface area contributed by atoms with E-state index in [-0.39, 0.29) is 29.3 Å². The number of carboxylic acid groups (broad SMARTS) is 1. The number of nitrogens with one attached hydrogen (secondary N) is 1. The minimum Gasteiger partial charge on any atom is -0.477 e. The second kappa shape index (κ2) is 7.76. The van der Waals surface area contributed by atoms with E-state index in [9.17, 15) is 19.5 Å². The molecule has 4 rings (SSSR count). The highest BCUT2D eigenvalue weighted by Gasteiger charge is 2.54. The zero-order chi connectivity index (χ0) is 19.7. The summed E-state index contributed by atoms with van der Waals surface area (Å²) in [5, 5.41) is 14.0. The first kappa shape index (κ1) is 18.7. The predicted octanol–water partition coefficient (Wildman–Crippen LogP) is 1.02. The van der Waals surface area contributed by atoms with Gasteiger partial charge in [-0.05, 0) is 11.4 Å². The summed E-state index contributed by atoms with van der Waals surface area (Å²) >= 11 is 2.97. The van der Waals surface area contributed by atoms with Gasteiger partial charge in [0, 0.05) is 28.3 Å². The molecule has 0 unspecified atom stereocenters. The standard InChI is InChI=1S/C19H17N3O4S2/c23-14(9-13-5-4-8-27-13)20-15-17(24)22-16(19(25)26)12(11-28-18(15)22)10-21-6-2-1-3-7-21/h1-8,15,18H,9-11H2,(H-,20,23,25,26)/p+1/t15-,18+/m0/s1. The van der Waals surface area contributed by atoms with E-state index in [1.165, 1.54) is 28.0 Å². The van der Waals surface area contributed by atoms with E-state index in [2.05, 4.69) is 5.32 Å². The summed E-state index contributed by atoms with van der Waals surface area (Å²) in [6.45, 7) is 0.404. The molecular weight excluding hydrogens is 398 g/mol. The number of rotatable bonds is 6. The number of amides is 2. The molecule has 2 aromatic heterocycles. The van der Waals surface area contributed by atoms with Crippen molar-refractivity contribution in [2.24, 2.45) is 0 Å². The quantitative estimate of drug-likeness (QED) is 0.542. The molecular formula is C19H18N3O4S2+. The molecule has 0 radical (unpaired) electrons. The van der Waals surface area contributed by atoms with E-state index >= 15 is 0 Å². The maximum atomic E-state index is 12.6. The van der Waals surface area contributed by atoms with E-state index in [4.69, 9.17) is 0 Å². The van der Waals surface area contributed by atoms with Gasteiger partial charge in [-0.2, -0.15) is 0 Å². The van der Waals surface area contributed by atoms with Gasteiger partial charge in [0.25, 0.3) is 5.91 Å². The molecule has 2 atom stereocenters. The average molecular weight is 417 g/mol. The van der Waals surface area contributed by atoms with Gasteiger partial charge in [-0.25, -0.2) is 9.36 Å². The number of carbonyl (C=O) groups excluding carboxylic acids is 2. The van der Waals surface area contributed by atoms with Gasteiger partial charge in [-0.1, -0.05) is 12.1 Å². The molecule has 2 amide bonds. The maximum absolute atomic E-state index is 12.6. The number of fused-ring (bicyclic) bond motifs is 1. The summed E-state index contributed by atoms with van der Waals surface area (Å²) < 4.78 is 1.88. The highest BCUT2D eigenvalue weighted by atomic mass is 32.2. The molecule has 1 saturated heterocycles. The molecule has 2 aromatic rings. The largest absolute Gasteiger partial charge is 0.477 e. The Bertz CT molecular complexity index is 943. The van der Waals surface area contributed by atoms with Gasteiger partial charge in [-0.15, -0.1) is 23.1 Å². The molecule has 0 bridgehead atoms. The van der Waals surface area contributed by atoms with Crippen LogP contribution in [0.4, 0.5) is 0 Å². The summed E-state index contributed by atoms with van der Waals surface area (Å²) in [6.07, 6.45) is 3.93. The number of carbonyl (C=O) groups is 3. The van der Waals surface area contributed by atoms with Crippen molar-refractivity contribution in [1.82, 2.24) is 10.2 Å². The third-order valence-electron chi connectivity index (χ3n) is 4.63. The molecule has 28 heavy (non-hydrogen) atoms. The molecule has 0 spiro atoms. The molecule has 1 fully saturated rings. The predicted molar refractivity (Wildman–Crippen MR) is 104 cm³/mol. The van der Waals surface area contributed by atoms with Crippen LogP contribution in [0.5, 0.6) is 0 Å². The van der Waals surface area contributed by atoms with Crippen molar-refractivity contribution < 1.29 is 24.1 Å². The number of aliphatic carboxylic acids is 1. The van der Waals surface area contributed by atoms with Gasteiger partial charge in [-0.3, -0.25) is 14.5 Å². The Morgan fingerprint density at radius 2 is 2.04 bits per heavy atom. The lowest BCUT2D eigenvalue weighted by molar-refractivity contribution is -0.689. The van der Waals surface area contributed by atoms with Crippen LogP contribution in [0.15, 0.2) is 59.4 Å². The van der Waals surface area contributed by atoms with Crippen LogP contribution < -0.4 is 9.88 Å². The fourth-order valence-corrected chi connectivity index (χ4v) is 5.40. The van der Waals surface area contributed by atoms with Crippen molar-refractivity contribution in [3.05, 3.63) is 64.3 Å². The van der Waals surface area contributed by atoms with E-state index in [0.717, 1.165) is 4.88 Å². The van der Waals surface area contributed by atoms with Crippen molar-refractivity contribution >= 4 is 40.9 Å². The van der Waals surface area contributed by atoms with Crippen LogP contribution >= 0.6 is 23.1 Å². The normalized spacial score (nSPS) is 21.1. The molecule has 0 saturated carbocycles. The van der Waals surface area contributed by atoms with Gasteiger partial charge in [0.1, 0.15) is 17.1 Å². The van der Waals surface area contributed by atoms with Crippen molar-refractivity contribution in [3.8, 4) is 0 Å². The second-order valence-electron chi connectivity index (χ2n) is 6.52. The fourth-order valence-electron chi connectivity index (χ4n) is 3.36. The number of thiophene rings is 1. The van der Waals surface area contributed by atoms with E-state index in [1.54, 1.807) is 0 Å². The van der Waals surface area contributed by atoms with Crippen LogP contribution in [0, 0.1) is 0 Å². The summed E-state index contributed by atoms with van der Waals surface area (Å²) in [5.74, 6) is -1.22. The number of hydrogen-bond donors (Lipinski definition) is 2. The lowest BCUT2D eigenvalue weighted by Gasteiger charge is -2.49. The Labute approximate surface area is 169 Å². The van der Waals surface area contributed by atoms with Crippen LogP contribution in [0.2, 0.25) is 0 Å². The first-order valence-corrected chi connectivity index (χ1v) is 10.6. The fraction of sp³-hybridized carbons (Fsp3) is 0.263. The molecule has 0 aliphatic carbocycles. The van der Waals surface area contributed by atoms with Gasteiger partial charge in [0.15, 0.2) is 18.9 Å². The molecule has 2 N–H and O–H groups in total. The Balaban J connectivity index is 1.49. The SMILES string of the molecule is O=C(Cc1cccs1)N[C@H]1C(=O)N2C(C(=O)O)=C(C[n+]3ccccc3)CS[C@H]12. The van der Waals surface area contributed by atoms with Crippen molar-refractivity contribution in [2.45, 2.75) is 24.4 Å². The van der Waals surface area contributed by atoms with Gasteiger partial charge >= 0.3 is 5.97 Å². The average Bonchev–Trinajstić information content (AvgIpc) is 3.19. The van der Waals surface area contributed by atoms with Crippen LogP contribution in [-0.4, -0.2) is 45.0 Å². The van der Waals surface area contributed by atoms with Crippen molar-refractivity contribution in [3.63, 3.8) is 0 Å². The number of aromatic nitrogens is 1. The van der Waals surface area contributed by atoms with Crippen molar-refractivity contribution in [2.75, 3.05) is 5.75 Å². The summed E-state index contributed by atoms with van der Waals surface area (Å²) in [6, 6.07) is 8.68. The van der Waals surface area contributed by atoms with Crippen molar-refractivity contribution in [1.29, 1.82) is 0 Å². The first-order valence-electron chi connectivity index (χ1n) is 8.70.